The fourth-order valence-corrected chi connectivity index (χ4v) is 2.82. The molecule has 3 heterocycles. The van der Waals surface area contributed by atoms with Gasteiger partial charge in [0.05, 0.1) is 6.54 Å². The summed E-state index contributed by atoms with van der Waals surface area (Å²) >= 11 is 1.45. The van der Waals surface area contributed by atoms with Crippen LogP contribution in [-0.4, -0.2) is 20.7 Å². The molecule has 0 atom stereocenters. The molecular weight excluding hydrogens is 373 g/mol. The lowest BCUT2D eigenvalue weighted by atomic mass is 10.2. The molecule has 0 unspecified atom stereocenters. The van der Waals surface area contributed by atoms with Crippen LogP contribution < -0.4 is 10.6 Å². The van der Waals surface area contributed by atoms with E-state index >= 15 is 0 Å². The van der Waals surface area contributed by atoms with Gasteiger partial charge in [0.25, 0.3) is 5.56 Å². The maximum Gasteiger partial charge on any atom is 0.471 e. The molecule has 0 aliphatic rings. The van der Waals surface area contributed by atoms with Crippen molar-refractivity contribution in [2.75, 3.05) is 5.01 Å². The van der Waals surface area contributed by atoms with E-state index in [1.165, 1.54) is 35.5 Å². The molecule has 0 saturated heterocycles. The van der Waals surface area contributed by atoms with E-state index in [4.69, 9.17) is 0 Å². The first kappa shape index (κ1) is 17.9. The molecule has 0 N–H and O–H groups in total. The van der Waals surface area contributed by atoms with Gasteiger partial charge in [-0.25, -0.2) is 9.69 Å². The Hall–Kier alpha value is -2.95. The molecule has 0 spiro atoms. The van der Waals surface area contributed by atoms with Crippen molar-refractivity contribution < 1.29 is 22.5 Å². The van der Waals surface area contributed by atoms with E-state index in [1.54, 1.807) is 0 Å². The highest BCUT2D eigenvalue weighted by Crippen LogP contribution is 2.29. The smallest absolute Gasteiger partial charge is 0.329 e. The molecule has 0 fully saturated rings. The van der Waals surface area contributed by atoms with Crippen LogP contribution in [0.15, 0.2) is 44.5 Å². The molecule has 3 aromatic heterocycles. The number of aromatic nitrogens is 3. The topological polar surface area (TPSA) is 81.2 Å². The number of hydrogen-bond acceptors (Lipinski definition) is 6. The molecule has 3 aromatic rings. The predicted octanol–water partition coefficient (Wildman–Crippen LogP) is 2.66. The largest absolute Gasteiger partial charge is 0.471 e. The summed E-state index contributed by atoms with van der Waals surface area (Å²) in [6.45, 7) is 1.49. The van der Waals surface area contributed by atoms with Gasteiger partial charge >= 0.3 is 12.1 Å². The summed E-state index contributed by atoms with van der Waals surface area (Å²) in [4.78, 5) is 27.5. The van der Waals surface area contributed by atoms with Crippen LogP contribution in [0, 0.1) is 0 Å². The van der Waals surface area contributed by atoms with Crippen molar-refractivity contribution in [2.24, 2.45) is 0 Å². The van der Waals surface area contributed by atoms with Gasteiger partial charge in [0.2, 0.25) is 11.7 Å². The minimum absolute atomic E-state index is 0.0459. The number of hydrogen-bond donors (Lipinski definition) is 0. The zero-order chi connectivity index (χ0) is 18.9. The van der Waals surface area contributed by atoms with E-state index < -0.39 is 17.6 Å². The number of thiophene rings is 1. The van der Waals surface area contributed by atoms with Crippen molar-refractivity contribution >= 4 is 17.2 Å². The third kappa shape index (κ3) is 3.67. The Bertz CT molecular complexity index is 979. The summed E-state index contributed by atoms with van der Waals surface area (Å²) in [6, 6.07) is 4.18. The second-order valence-electron chi connectivity index (χ2n) is 5.23. The lowest BCUT2D eigenvalue weighted by Crippen LogP contribution is -2.44. The van der Waals surface area contributed by atoms with E-state index in [1.807, 2.05) is 16.8 Å². The first-order valence-corrected chi connectivity index (χ1v) is 8.13. The summed E-state index contributed by atoms with van der Waals surface area (Å²) in [5.74, 6) is -2.24. The molecule has 0 aliphatic carbocycles. The third-order valence-corrected chi connectivity index (χ3v) is 4.09. The summed E-state index contributed by atoms with van der Waals surface area (Å²) < 4.78 is 42.8. The lowest BCUT2D eigenvalue weighted by molar-refractivity contribution is -0.159. The molecule has 0 radical (unpaired) electrons. The summed E-state index contributed by atoms with van der Waals surface area (Å²) in [7, 11) is 0. The second kappa shape index (κ2) is 6.75. The van der Waals surface area contributed by atoms with Crippen molar-refractivity contribution in [3.8, 4) is 11.4 Å². The van der Waals surface area contributed by atoms with Crippen LogP contribution in [0.1, 0.15) is 18.4 Å². The number of nitrogens with zero attached hydrogens (tertiary/aromatic N) is 4. The van der Waals surface area contributed by atoms with E-state index in [2.05, 4.69) is 14.7 Å². The van der Waals surface area contributed by atoms with E-state index in [-0.39, 0.29) is 23.8 Å². The molecule has 0 bridgehead atoms. The lowest BCUT2D eigenvalue weighted by Gasteiger charge is -2.22. The van der Waals surface area contributed by atoms with E-state index in [0.717, 1.165) is 16.3 Å². The average Bonchev–Trinajstić information content (AvgIpc) is 3.24. The Morgan fingerprint density at radius 3 is 2.69 bits per heavy atom. The first-order valence-electron chi connectivity index (χ1n) is 7.19. The van der Waals surface area contributed by atoms with Gasteiger partial charge in [-0.3, -0.25) is 9.59 Å². The number of rotatable bonds is 4. The normalized spacial score (nSPS) is 11.5. The molecule has 3 rings (SSSR count). The Balaban J connectivity index is 1.92. The molecule has 11 heteroatoms. The van der Waals surface area contributed by atoms with Gasteiger partial charge in [-0.15, -0.1) is 0 Å². The number of amides is 1. The maximum absolute atomic E-state index is 12.5. The van der Waals surface area contributed by atoms with Crippen molar-refractivity contribution in [1.82, 2.24) is 14.8 Å². The van der Waals surface area contributed by atoms with Crippen molar-refractivity contribution in [2.45, 2.75) is 19.6 Å². The highest BCUT2D eigenvalue weighted by atomic mass is 32.1. The van der Waals surface area contributed by atoms with Crippen molar-refractivity contribution in [1.29, 1.82) is 0 Å². The molecule has 136 valence electrons. The Kier molecular flexibility index (Phi) is 4.64. The molecule has 0 saturated carbocycles. The maximum atomic E-state index is 12.5. The zero-order valence-corrected chi connectivity index (χ0v) is 14.0. The molecule has 0 aromatic carbocycles. The van der Waals surface area contributed by atoms with E-state index in [0.29, 0.717) is 0 Å². The van der Waals surface area contributed by atoms with Gasteiger partial charge in [0.15, 0.2) is 0 Å². The molecule has 7 nitrogen and oxygen atoms in total. The van der Waals surface area contributed by atoms with Crippen LogP contribution in [0.4, 0.5) is 13.2 Å². The summed E-state index contributed by atoms with van der Waals surface area (Å²) in [5, 5.41) is 8.13. The fourth-order valence-electron chi connectivity index (χ4n) is 2.16. The number of halogens is 3. The van der Waals surface area contributed by atoms with Crippen LogP contribution in [0.2, 0.25) is 0 Å². The van der Waals surface area contributed by atoms with Gasteiger partial charge in [0, 0.05) is 24.8 Å². The Morgan fingerprint density at radius 2 is 2.15 bits per heavy atom. The van der Waals surface area contributed by atoms with Crippen molar-refractivity contribution in [3.63, 3.8) is 0 Å². The Labute approximate surface area is 148 Å². The van der Waals surface area contributed by atoms with Crippen LogP contribution in [0.3, 0.4) is 0 Å². The minimum atomic E-state index is -4.77. The van der Waals surface area contributed by atoms with Crippen molar-refractivity contribution in [3.05, 3.63) is 57.0 Å². The van der Waals surface area contributed by atoms with Crippen LogP contribution in [-0.2, 0) is 17.5 Å². The monoisotopic (exact) mass is 384 g/mol. The van der Waals surface area contributed by atoms with Gasteiger partial charge in [0.1, 0.15) is 0 Å². The van der Waals surface area contributed by atoms with Crippen LogP contribution >= 0.6 is 11.3 Å². The van der Waals surface area contributed by atoms with Gasteiger partial charge in [-0.1, -0.05) is 5.16 Å². The predicted molar refractivity (Wildman–Crippen MR) is 85.9 cm³/mol. The highest BCUT2D eigenvalue weighted by Gasteiger charge is 2.38. The van der Waals surface area contributed by atoms with Gasteiger partial charge in [-0.05, 0) is 28.5 Å². The minimum Gasteiger partial charge on any atom is -0.329 e. The van der Waals surface area contributed by atoms with Gasteiger partial charge in [-0.2, -0.15) is 29.5 Å². The average molecular weight is 384 g/mol. The molecule has 1 amide bonds. The standard InChI is InChI=1S/C15H11F3N4O3S/c1-9(23)22(7-10-3-5-26-8-10)21-4-2-11(6-12(21)24)13-19-14(25-20-13)15(16,17)18/h2-6,8H,7H2,1H3. The van der Waals surface area contributed by atoms with Crippen LogP contribution in [0.25, 0.3) is 11.4 Å². The summed E-state index contributed by atoms with van der Waals surface area (Å²) in [5.41, 5.74) is 0.269. The fraction of sp³-hybridized carbons (Fsp3) is 0.200. The number of carbonyl (C=O) groups excluding carboxylic acids is 1. The third-order valence-electron chi connectivity index (χ3n) is 3.36. The Morgan fingerprint density at radius 1 is 1.38 bits per heavy atom. The number of alkyl halides is 3. The number of pyridine rings is 1. The molecule has 0 aliphatic heterocycles. The molecular formula is C15H11F3N4O3S. The highest BCUT2D eigenvalue weighted by molar-refractivity contribution is 7.07. The SMILES string of the molecule is CC(=O)N(Cc1ccsc1)n1ccc(-c2noc(C(F)(F)F)n2)cc1=O. The zero-order valence-electron chi connectivity index (χ0n) is 13.2. The molecule has 26 heavy (non-hydrogen) atoms. The van der Waals surface area contributed by atoms with Crippen LogP contribution in [0.5, 0.6) is 0 Å². The van der Waals surface area contributed by atoms with Gasteiger partial charge < -0.3 is 4.52 Å². The summed E-state index contributed by atoms with van der Waals surface area (Å²) in [6.07, 6.45) is -3.50. The number of carbonyl (C=O) groups is 1. The van der Waals surface area contributed by atoms with E-state index in [9.17, 15) is 22.8 Å². The quantitative estimate of drug-likeness (QED) is 0.691. The first-order chi connectivity index (χ1) is 12.3. The second-order valence-corrected chi connectivity index (χ2v) is 6.01.